The molecule has 0 heterocycles. The molecule has 0 amide bonds. The fourth-order valence-electron chi connectivity index (χ4n) is 1.76. The molecule has 0 aromatic heterocycles. The smallest absolute Gasteiger partial charge is 0.0218 e. The van der Waals surface area contributed by atoms with E-state index in [9.17, 15) is 0 Å². The molecule has 2 heteroatoms. The topological polar surface area (TPSA) is 29.3 Å². The van der Waals surface area contributed by atoms with Gasteiger partial charge in [0.25, 0.3) is 0 Å². The van der Waals surface area contributed by atoms with Crippen molar-refractivity contribution in [2.24, 2.45) is 5.73 Å². The largest absolute Gasteiger partial charge is 0.329 e. The second kappa shape index (κ2) is 4.07. The quantitative estimate of drug-likeness (QED) is 0.648. The van der Waals surface area contributed by atoms with Gasteiger partial charge in [0.15, 0.2) is 0 Å². The fourth-order valence-corrected chi connectivity index (χ4v) is 1.76. The first-order chi connectivity index (χ1) is 5.33. The minimum atomic E-state index is 0.632. The van der Waals surface area contributed by atoms with Crippen LogP contribution in [0, 0.1) is 0 Å². The van der Waals surface area contributed by atoms with Crippen molar-refractivity contribution in [3.8, 4) is 0 Å². The summed E-state index contributed by atoms with van der Waals surface area (Å²) < 4.78 is 0. The van der Waals surface area contributed by atoms with Gasteiger partial charge >= 0.3 is 0 Å². The van der Waals surface area contributed by atoms with Crippen molar-refractivity contribution < 1.29 is 0 Å². The molecule has 66 valence electrons. The molecular formula is C9H20N2. The van der Waals surface area contributed by atoms with Crippen LogP contribution in [0.4, 0.5) is 0 Å². The number of likely N-dealkylation sites (N-methyl/N-ethyl adjacent to an activating group) is 1. The number of hydrogen-bond donors (Lipinski definition) is 1. The Labute approximate surface area is 69.8 Å². The Kier molecular flexibility index (Phi) is 3.34. The minimum absolute atomic E-state index is 0.632. The molecule has 2 nitrogen and oxygen atoms in total. The third-order valence-corrected chi connectivity index (χ3v) is 2.59. The third-order valence-electron chi connectivity index (χ3n) is 2.59. The Morgan fingerprint density at radius 3 is 2.36 bits per heavy atom. The van der Waals surface area contributed by atoms with E-state index in [-0.39, 0.29) is 0 Å². The monoisotopic (exact) mass is 156 g/mol. The lowest BCUT2D eigenvalue weighted by molar-refractivity contribution is 0.195. The molecule has 0 saturated heterocycles. The Morgan fingerprint density at radius 1 is 1.45 bits per heavy atom. The Hall–Kier alpha value is -0.0800. The summed E-state index contributed by atoms with van der Waals surface area (Å²) in [5.41, 5.74) is 5.68. The molecular weight excluding hydrogens is 136 g/mol. The normalized spacial score (nSPS) is 20.7. The molecule has 2 N–H and O–H groups in total. The summed E-state index contributed by atoms with van der Waals surface area (Å²) in [6.45, 7) is 6.44. The molecule has 0 spiro atoms. The molecule has 1 aliphatic carbocycles. The van der Waals surface area contributed by atoms with Gasteiger partial charge < -0.3 is 5.73 Å². The van der Waals surface area contributed by atoms with Crippen LogP contribution in [-0.4, -0.2) is 30.1 Å². The van der Waals surface area contributed by atoms with Gasteiger partial charge in [-0.1, -0.05) is 13.8 Å². The van der Waals surface area contributed by atoms with Crippen LogP contribution in [0.3, 0.4) is 0 Å². The molecule has 0 aromatic rings. The maximum absolute atomic E-state index is 5.68. The van der Waals surface area contributed by atoms with Crippen LogP contribution >= 0.6 is 0 Å². The molecule has 1 aliphatic rings. The van der Waals surface area contributed by atoms with Crippen molar-refractivity contribution in [2.75, 3.05) is 13.1 Å². The molecule has 0 aliphatic heterocycles. The lowest BCUT2D eigenvalue weighted by Gasteiger charge is -2.28. The first kappa shape index (κ1) is 9.01. The third kappa shape index (κ3) is 2.17. The highest BCUT2D eigenvalue weighted by Crippen LogP contribution is 2.28. The molecule has 11 heavy (non-hydrogen) atoms. The van der Waals surface area contributed by atoms with Crippen LogP contribution in [0.5, 0.6) is 0 Å². The molecule has 0 bridgehead atoms. The Balaban J connectivity index is 2.36. The van der Waals surface area contributed by atoms with Gasteiger partial charge in [0.2, 0.25) is 0 Å². The fraction of sp³-hybridized carbons (Fsp3) is 1.00. The second-order valence-electron chi connectivity index (χ2n) is 3.36. The van der Waals surface area contributed by atoms with Crippen molar-refractivity contribution in [3.05, 3.63) is 0 Å². The van der Waals surface area contributed by atoms with Crippen LogP contribution in [-0.2, 0) is 0 Å². The van der Waals surface area contributed by atoms with Gasteiger partial charge in [0.1, 0.15) is 0 Å². The highest BCUT2D eigenvalue weighted by Gasteiger charge is 2.31. The van der Waals surface area contributed by atoms with Gasteiger partial charge in [0, 0.05) is 18.6 Å². The molecule has 0 radical (unpaired) electrons. The SMILES string of the molecule is CCC(CN)N(CC)C1CC1. The summed E-state index contributed by atoms with van der Waals surface area (Å²) >= 11 is 0. The molecule has 0 aromatic carbocycles. The molecule has 1 atom stereocenters. The average Bonchev–Trinajstić information content (AvgIpc) is 2.82. The number of rotatable bonds is 5. The zero-order valence-corrected chi connectivity index (χ0v) is 7.71. The summed E-state index contributed by atoms with van der Waals surface area (Å²) in [4.78, 5) is 2.56. The first-order valence-electron chi connectivity index (χ1n) is 4.79. The maximum atomic E-state index is 5.68. The predicted molar refractivity (Wildman–Crippen MR) is 48.5 cm³/mol. The van der Waals surface area contributed by atoms with E-state index in [4.69, 9.17) is 5.73 Å². The van der Waals surface area contributed by atoms with E-state index in [0.29, 0.717) is 6.04 Å². The van der Waals surface area contributed by atoms with Gasteiger partial charge in [0.05, 0.1) is 0 Å². The second-order valence-corrected chi connectivity index (χ2v) is 3.36. The van der Waals surface area contributed by atoms with Crippen molar-refractivity contribution in [3.63, 3.8) is 0 Å². The predicted octanol–water partition coefficient (Wildman–Crippen LogP) is 1.21. The van der Waals surface area contributed by atoms with Crippen molar-refractivity contribution in [2.45, 2.75) is 45.2 Å². The molecule has 1 unspecified atom stereocenters. The minimum Gasteiger partial charge on any atom is -0.329 e. The van der Waals surface area contributed by atoms with E-state index < -0.39 is 0 Å². The zero-order valence-electron chi connectivity index (χ0n) is 7.71. The average molecular weight is 156 g/mol. The molecule has 1 rings (SSSR count). The zero-order chi connectivity index (χ0) is 8.27. The van der Waals surface area contributed by atoms with Crippen molar-refractivity contribution in [1.29, 1.82) is 0 Å². The van der Waals surface area contributed by atoms with Gasteiger partial charge in [-0.15, -0.1) is 0 Å². The van der Waals surface area contributed by atoms with Crippen LogP contribution in [0.25, 0.3) is 0 Å². The summed E-state index contributed by atoms with van der Waals surface area (Å²) in [5.74, 6) is 0. The number of hydrogen-bond acceptors (Lipinski definition) is 2. The van der Waals surface area contributed by atoms with E-state index in [1.807, 2.05) is 0 Å². The van der Waals surface area contributed by atoms with Crippen molar-refractivity contribution in [1.82, 2.24) is 4.90 Å². The highest BCUT2D eigenvalue weighted by atomic mass is 15.2. The summed E-state index contributed by atoms with van der Waals surface area (Å²) in [5, 5.41) is 0. The maximum Gasteiger partial charge on any atom is 0.0218 e. The summed E-state index contributed by atoms with van der Waals surface area (Å²) in [7, 11) is 0. The van der Waals surface area contributed by atoms with E-state index in [2.05, 4.69) is 18.7 Å². The van der Waals surface area contributed by atoms with Gasteiger partial charge in [-0.05, 0) is 25.8 Å². The summed E-state index contributed by atoms with van der Waals surface area (Å²) in [6.07, 6.45) is 3.98. The van der Waals surface area contributed by atoms with Gasteiger partial charge in [-0.25, -0.2) is 0 Å². The van der Waals surface area contributed by atoms with E-state index >= 15 is 0 Å². The van der Waals surface area contributed by atoms with E-state index in [1.54, 1.807) is 0 Å². The van der Waals surface area contributed by atoms with Gasteiger partial charge in [-0.3, -0.25) is 4.90 Å². The van der Waals surface area contributed by atoms with Crippen LogP contribution in [0.2, 0.25) is 0 Å². The highest BCUT2D eigenvalue weighted by molar-refractivity contribution is 4.87. The van der Waals surface area contributed by atoms with Crippen molar-refractivity contribution >= 4 is 0 Å². The first-order valence-corrected chi connectivity index (χ1v) is 4.79. The van der Waals surface area contributed by atoms with Crippen LogP contribution in [0.1, 0.15) is 33.1 Å². The standard InChI is InChI=1S/C9H20N2/c1-3-8(7-10)11(4-2)9-5-6-9/h8-9H,3-7,10H2,1-2H3. The van der Waals surface area contributed by atoms with E-state index in [1.165, 1.54) is 25.8 Å². The van der Waals surface area contributed by atoms with Crippen LogP contribution < -0.4 is 5.73 Å². The summed E-state index contributed by atoms with van der Waals surface area (Å²) in [6, 6.07) is 1.50. The van der Waals surface area contributed by atoms with E-state index in [0.717, 1.165) is 12.6 Å². The molecule has 1 fully saturated rings. The lowest BCUT2D eigenvalue weighted by Crippen LogP contribution is -2.41. The van der Waals surface area contributed by atoms with Crippen LogP contribution in [0.15, 0.2) is 0 Å². The Bertz CT molecular complexity index is 106. The number of nitrogens with zero attached hydrogens (tertiary/aromatic N) is 1. The Morgan fingerprint density at radius 2 is 2.09 bits per heavy atom. The lowest BCUT2D eigenvalue weighted by atomic mass is 10.2. The van der Waals surface area contributed by atoms with Gasteiger partial charge in [-0.2, -0.15) is 0 Å². The number of nitrogens with two attached hydrogens (primary N) is 1. The molecule has 1 saturated carbocycles.